The SMILES string of the molecule is C[C@H](O)C(=O)OCC[C@H](C)OC(=O)[C@@H](C)O. The van der Waals surface area contributed by atoms with E-state index in [0.717, 1.165) is 0 Å². The van der Waals surface area contributed by atoms with Gasteiger partial charge in [0.1, 0.15) is 18.3 Å². The number of ether oxygens (including phenoxy) is 2. The first-order valence-corrected chi connectivity index (χ1v) is 5.07. The summed E-state index contributed by atoms with van der Waals surface area (Å²) in [6, 6.07) is 0. The van der Waals surface area contributed by atoms with Crippen LogP contribution in [0.4, 0.5) is 0 Å². The molecule has 0 bridgehead atoms. The normalized spacial score (nSPS) is 16.1. The van der Waals surface area contributed by atoms with Gasteiger partial charge in [-0.2, -0.15) is 0 Å². The molecule has 0 aromatic heterocycles. The number of rotatable bonds is 6. The zero-order valence-corrected chi connectivity index (χ0v) is 9.67. The number of aliphatic hydroxyl groups is 2. The molecule has 0 radical (unpaired) electrons. The molecule has 0 aliphatic carbocycles. The Morgan fingerprint density at radius 1 is 1.06 bits per heavy atom. The van der Waals surface area contributed by atoms with Gasteiger partial charge in [-0.15, -0.1) is 0 Å². The third kappa shape index (κ3) is 6.36. The van der Waals surface area contributed by atoms with Crippen molar-refractivity contribution >= 4 is 11.9 Å². The third-order valence-corrected chi connectivity index (χ3v) is 1.77. The molecule has 0 saturated heterocycles. The van der Waals surface area contributed by atoms with Gasteiger partial charge in [0.25, 0.3) is 0 Å². The molecule has 0 amide bonds. The molecule has 0 rings (SSSR count). The van der Waals surface area contributed by atoms with Crippen LogP contribution >= 0.6 is 0 Å². The molecule has 0 aromatic rings. The quantitative estimate of drug-likeness (QED) is 0.608. The number of hydrogen-bond acceptors (Lipinski definition) is 6. The fraction of sp³-hybridized carbons (Fsp3) is 0.800. The van der Waals surface area contributed by atoms with Crippen molar-refractivity contribution in [3.8, 4) is 0 Å². The topological polar surface area (TPSA) is 93.1 Å². The predicted molar refractivity (Wildman–Crippen MR) is 54.5 cm³/mol. The van der Waals surface area contributed by atoms with Crippen LogP contribution in [0.2, 0.25) is 0 Å². The Labute approximate surface area is 94.2 Å². The van der Waals surface area contributed by atoms with Crippen LogP contribution in [0.1, 0.15) is 27.2 Å². The summed E-state index contributed by atoms with van der Waals surface area (Å²) >= 11 is 0. The third-order valence-electron chi connectivity index (χ3n) is 1.77. The van der Waals surface area contributed by atoms with Gasteiger partial charge in [0.05, 0.1) is 6.61 Å². The predicted octanol–water partition coefficient (Wildman–Crippen LogP) is -0.387. The van der Waals surface area contributed by atoms with Crippen molar-refractivity contribution < 1.29 is 29.3 Å². The minimum atomic E-state index is -1.16. The summed E-state index contributed by atoms with van der Waals surface area (Å²) in [5.41, 5.74) is 0. The molecule has 0 aromatic carbocycles. The van der Waals surface area contributed by atoms with Gasteiger partial charge in [-0.05, 0) is 20.8 Å². The molecular weight excluding hydrogens is 216 g/mol. The number of carbonyl (C=O) groups is 2. The lowest BCUT2D eigenvalue weighted by atomic mass is 10.3. The van der Waals surface area contributed by atoms with Crippen LogP contribution in [0.5, 0.6) is 0 Å². The summed E-state index contributed by atoms with van der Waals surface area (Å²) in [5.74, 6) is -1.43. The molecule has 94 valence electrons. The lowest BCUT2D eigenvalue weighted by molar-refractivity contribution is -0.159. The van der Waals surface area contributed by atoms with Crippen molar-refractivity contribution in [2.24, 2.45) is 0 Å². The summed E-state index contributed by atoms with van der Waals surface area (Å²) in [4.78, 5) is 21.8. The van der Waals surface area contributed by atoms with Gasteiger partial charge in [-0.3, -0.25) is 0 Å². The maximum absolute atomic E-state index is 10.9. The highest BCUT2D eigenvalue weighted by atomic mass is 16.6. The fourth-order valence-corrected chi connectivity index (χ4v) is 0.802. The molecule has 0 fully saturated rings. The average Bonchev–Trinajstić information content (AvgIpc) is 2.16. The average molecular weight is 234 g/mol. The highest BCUT2D eigenvalue weighted by molar-refractivity contribution is 5.74. The molecule has 0 heterocycles. The fourth-order valence-electron chi connectivity index (χ4n) is 0.802. The lowest BCUT2D eigenvalue weighted by Gasteiger charge is -2.14. The van der Waals surface area contributed by atoms with Gasteiger partial charge >= 0.3 is 11.9 Å². The van der Waals surface area contributed by atoms with E-state index in [2.05, 4.69) is 4.74 Å². The van der Waals surface area contributed by atoms with Crippen LogP contribution in [0.25, 0.3) is 0 Å². The molecule has 0 saturated carbocycles. The molecule has 6 nitrogen and oxygen atoms in total. The van der Waals surface area contributed by atoms with Gasteiger partial charge in [0.15, 0.2) is 0 Å². The van der Waals surface area contributed by atoms with Gasteiger partial charge in [-0.25, -0.2) is 9.59 Å². The molecule has 0 aliphatic heterocycles. The first kappa shape index (κ1) is 14.9. The smallest absolute Gasteiger partial charge is 0.334 e. The number of carbonyl (C=O) groups excluding carboxylic acids is 2. The van der Waals surface area contributed by atoms with Crippen LogP contribution in [0, 0.1) is 0 Å². The largest absolute Gasteiger partial charge is 0.464 e. The first-order valence-electron chi connectivity index (χ1n) is 5.07. The maximum atomic E-state index is 10.9. The van der Waals surface area contributed by atoms with Crippen molar-refractivity contribution in [3.05, 3.63) is 0 Å². The Morgan fingerprint density at radius 3 is 2.00 bits per heavy atom. The molecule has 0 spiro atoms. The Hall–Kier alpha value is -1.14. The standard InChI is InChI=1S/C10H18O6/c1-6(16-10(14)8(3)12)4-5-15-9(13)7(2)11/h6-8,11-12H,4-5H2,1-3H3/t6-,7-,8+/m0/s1. The van der Waals surface area contributed by atoms with Crippen molar-refractivity contribution in [1.29, 1.82) is 0 Å². The van der Waals surface area contributed by atoms with E-state index in [4.69, 9.17) is 14.9 Å². The van der Waals surface area contributed by atoms with E-state index >= 15 is 0 Å². The summed E-state index contributed by atoms with van der Waals surface area (Å²) in [6.45, 7) is 4.29. The lowest BCUT2D eigenvalue weighted by Crippen LogP contribution is -2.26. The summed E-state index contributed by atoms with van der Waals surface area (Å²) < 4.78 is 9.48. The highest BCUT2D eigenvalue weighted by Crippen LogP contribution is 2.01. The second kappa shape index (κ2) is 7.19. The van der Waals surface area contributed by atoms with Crippen LogP contribution < -0.4 is 0 Å². The minimum absolute atomic E-state index is 0.0536. The van der Waals surface area contributed by atoms with Crippen LogP contribution in [0.15, 0.2) is 0 Å². The summed E-state index contributed by atoms with van der Waals surface area (Å²) in [6.07, 6.45) is -2.46. The van der Waals surface area contributed by atoms with E-state index in [1.54, 1.807) is 6.92 Å². The molecule has 0 unspecified atom stereocenters. The monoisotopic (exact) mass is 234 g/mol. The Bertz CT molecular complexity index is 235. The summed E-state index contributed by atoms with van der Waals surface area (Å²) in [7, 11) is 0. The first-order chi connectivity index (χ1) is 7.34. The minimum Gasteiger partial charge on any atom is -0.464 e. The van der Waals surface area contributed by atoms with E-state index in [9.17, 15) is 9.59 Å². The maximum Gasteiger partial charge on any atom is 0.334 e. The van der Waals surface area contributed by atoms with Crippen LogP contribution in [-0.4, -0.2) is 47.1 Å². The van der Waals surface area contributed by atoms with Gasteiger partial charge in [-0.1, -0.05) is 0 Å². The van der Waals surface area contributed by atoms with Crippen molar-refractivity contribution in [2.45, 2.75) is 45.5 Å². The second-order valence-electron chi connectivity index (χ2n) is 3.56. The molecule has 3 atom stereocenters. The highest BCUT2D eigenvalue weighted by Gasteiger charge is 2.15. The van der Waals surface area contributed by atoms with E-state index in [1.807, 2.05) is 0 Å². The molecule has 16 heavy (non-hydrogen) atoms. The number of esters is 2. The van der Waals surface area contributed by atoms with Gasteiger partial charge in [0.2, 0.25) is 0 Å². The second-order valence-corrected chi connectivity index (χ2v) is 3.56. The Kier molecular flexibility index (Phi) is 6.67. The number of aliphatic hydroxyl groups excluding tert-OH is 2. The van der Waals surface area contributed by atoms with Gasteiger partial charge in [0, 0.05) is 6.42 Å². The van der Waals surface area contributed by atoms with Crippen LogP contribution in [0.3, 0.4) is 0 Å². The van der Waals surface area contributed by atoms with Crippen molar-refractivity contribution in [1.82, 2.24) is 0 Å². The Balaban J connectivity index is 3.70. The van der Waals surface area contributed by atoms with Crippen LogP contribution in [-0.2, 0) is 19.1 Å². The zero-order chi connectivity index (χ0) is 12.7. The molecule has 2 N–H and O–H groups in total. The van der Waals surface area contributed by atoms with E-state index < -0.39 is 30.3 Å². The van der Waals surface area contributed by atoms with Crippen molar-refractivity contribution in [2.75, 3.05) is 6.61 Å². The molecular formula is C10H18O6. The molecule has 0 aliphatic rings. The van der Waals surface area contributed by atoms with Gasteiger partial charge < -0.3 is 19.7 Å². The van der Waals surface area contributed by atoms with E-state index in [1.165, 1.54) is 13.8 Å². The Morgan fingerprint density at radius 2 is 1.56 bits per heavy atom. The number of hydrogen-bond donors (Lipinski definition) is 2. The van der Waals surface area contributed by atoms with E-state index in [0.29, 0.717) is 6.42 Å². The molecule has 6 heteroatoms. The summed E-state index contributed by atoms with van der Waals surface area (Å²) in [5, 5.41) is 17.7. The van der Waals surface area contributed by atoms with E-state index in [-0.39, 0.29) is 6.61 Å². The van der Waals surface area contributed by atoms with Crippen molar-refractivity contribution in [3.63, 3.8) is 0 Å². The zero-order valence-electron chi connectivity index (χ0n) is 9.67.